The van der Waals surface area contributed by atoms with Gasteiger partial charge in [0.05, 0.1) is 35.9 Å². The van der Waals surface area contributed by atoms with Gasteiger partial charge in [0.1, 0.15) is 5.60 Å². The standard InChI is InChI=1S/C26H29N5O3/c1-26(2,3)34-25(33)30-10-8-29(9-11-30)16-20(32)17-31-23-6-4-18(14-27)12-21(23)22-13-19(15-28)5-7-24(22)31/h4-7,12-13,20,32H,8-11,16-17H2,1-3H3. The summed E-state index contributed by atoms with van der Waals surface area (Å²) in [5.74, 6) is 0. The van der Waals surface area contributed by atoms with Crippen molar-refractivity contribution in [1.29, 1.82) is 10.5 Å². The second-order valence-corrected chi connectivity index (χ2v) is 9.72. The van der Waals surface area contributed by atoms with E-state index in [1.165, 1.54) is 0 Å². The molecular weight excluding hydrogens is 430 g/mol. The maximum atomic E-state index is 12.3. The Morgan fingerprint density at radius 2 is 1.50 bits per heavy atom. The summed E-state index contributed by atoms with van der Waals surface area (Å²) in [7, 11) is 0. The number of aliphatic hydroxyl groups is 1. The van der Waals surface area contributed by atoms with Crippen molar-refractivity contribution in [2.75, 3.05) is 32.7 Å². The number of nitrogens with zero attached hydrogens (tertiary/aromatic N) is 5. The quantitative estimate of drug-likeness (QED) is 0.641. The molecule has 1 fully saturated rings. The molecule has 1 amide bonds. The second kappa shape index (κ2) is 9.34. The zero-order chi connectivity index (χ0) is 24.5. The van der Waals surface area contributed by atoms with Crippen LogP contribution in [0.25, 0.3) is 21.8 Å². The molecule has 2 heterocycles. The van der Waals surface area contributed by atoms with Gasteiger partial charge in [0.2, 0.25) is 0 Å². The predicted octanol–water partition coefficient (Wildman–Crippen LogP) is 3.45. The molecule has 0 spiro atoms. The number of carbonyl (C=O) groups is 1. The summed E-state index contributed by atoms with van der Waals surface area (Å²) in [6.07, 6.45) is -0.926. The van der Waals surface area contributed by atoms with E-state index in [-0.39, 0.29) is 6.09 Å². The van der Waals surface area contributed by atoms with Crippen molar-refractivity contribution in [3.8, 4) is 12.1 Å². The molecule has 1 aliphatic heterocycles. The van der Waals surface area contributed by atoms with E-state index in [2.05, 4.69) is 21.6 Å². The fourth-order valence-electron chi connectivity index (χ4n) is 4.45. The molecule has 4 rings (SSSR count). The van der Waals surface area contributed by atoms with Gasteiger partial charge in [-0.15, -0.1) is 0 Å². The van der Waals surface area contributed by atoms with Gasteiger partial charge in [-0.3, -0.25) is 4.90 Å². The Labute approximate surface area is 199 Å². The molecule has 1 N–H and O–H groups in total. The molecule has 8 nitrogen and oxygen atoms in total. The number of ether oxygens (including phenoxy) is 1. The first-order chi connectivity index (χ1) is 16.2. The third-order valence-electron chi connectivity index (χ3n) is 6.01. The van der Waals surface area contributed by atoms with E-state index in [1.54, 1.807) is 17.0 Å². The number of fused-ring (bicyclic) bond motifs is 3. The van der Waals surface area contributed by atoms with E-state index < -0.39 is 11.7 Å². The summed E-state index contributed by atoms with van der Waals surface area (Å²) in [6.45, 7) is 8.88. The van der Waals surface area contributed by atoms with E-state index in [1.807, 2.05) is 45.0 Å². The first-order valence-corrected chi connectivity index (χ1v) is 11.4. The van der Waals surface area contributed by atoms with Crippen molar-refractivity contribution in [3.05, 3.63) is 47.5 Å². The number of rotatable bonds is 4. The highest BCUT2D eigenvalue weighted by molar-refractivity contribution is 6.08. The first-order valence-electron chi connectivity index (χ1n) is 11.4. The van der Waals surface area contributed by atoms with Gasteiger partial charge in [0.25, 0.3) is 0 Å². The first kappa shape index (κ1) is 23.6. The molecule has 1 atom stereocenters. The highest BCUT2D eigenvalue weighted by Gasteiger charge is 2.27. The van der Waals surface area contributed by atoms with Crippen LogP contribution in [-0.4, -0.2) is 70.0 Å². The molecule has 0 radical (unpaired) electrons. The number of nitriles is 2. The second-order valence-electron chi connectivity index (χ2n) is 9.72. The average Bonchev–Trinajstić information content (AvgIpc) is 3.10. The smallest absolute Gasteiger partial charge is 0.410 e. The van der Waals surface area contributed by atoms with Gasteiger partial charge in [-0.25, -0.2) is 4.79 Å². The van der Waals surface area contributed by atoms with Crippen LogP contribution in [0.15, 0.2) is 36.4 Å². The minimum Gasteiger partial charge on any atom is -0.444 e. The fraction of sp³-hybridized carbons (Fsp3) is 0.423. The Morgan fingerprint density at radius 1 is 0.971 bits per heavy atom. The molecule has 0 bridgehead atoms. The number of hydrogen-bond donors (Lipinski definition) is 1. The van der Waals surface area contributed by atoms with Gasteiger partial charge in [-0.05, 0) is 57.2 Å². The van der Waals surface area contributed by atoms with E-state index >= 15 is 0 Å². The predicted molar refractivity (Wildman–Crippen MR) is 129 cm³/mol. The molecule has 2 aromatic carbocycles. The van der Waals surface area contributed by atoms with Gasteiger partial charge >= 0.3 is 6.09 Å². The van der Waals surface area contributed by atoms with Crippen LogP contribution in [0.1, 0.15) is 31.9 Å². The topological polar surface area (TPSA) is 106 Å². The van der Waals surface area contributed by atoms with Crippen LogP contribution >= 0.6 is 0 Å². The highest BCUT2D eigenvalue weighted by atomic mass is 16.6. The van der Waals surface area contributed by atoms with Crippen molar-refractivity contribution >= 4 is 27.9 Å². The molecule has 8 heteroatoms. The van der Waals surface area contributed by atoms with Crippen molar-refractivity contribution in [3.63, 3.8) is 0 Å². The van der Waals surface area contributed by atoms with Crippen molar-refractivity contribution < 1.29 is 14.6 Å². The summed E-state index contributed by atoms with van der Waals surface area (Å²) in [5.41, 5.74) is 2.42. The fourth-order valence-corrected chi connectivity index (χ4v) is 4.45. The number of hydrogen-bond acceptors (Lipinski definition) is 6. The summed E-state index contributed by atoms with van der Waals surface area (Å²) in [4.78, 5) is 16.1. The lowest BCUT2D eigenvalue weighted by atomic mass is 10.1. The van der Waals surface area contributed by atoms with Crippen LogP contribution < -0.4 is 0 Å². The minimum absolute atomic E-state index is 0.300. The number of aliphatic hydroxyl groups excluding tert-OH is 1. The molecule has 0 saturated carbocycles. The Kier molecular flexibility index (Phi) is 6.47. The lowest BCUT2D eigenvalue weighted by Gasteiger charge is -2.36. The van der Waals surface area contributed by atoms with Gasteiger partial charge in [0.15, 0.2) is 0 Å². The third kappa shape index (κ3) is 4.99. The Bertz CT molecular complexity index is 1230. The monoisotopic (exact) mass is 459 g/mol. The summed E-state index contributed by atoms with van der Waals surface area (Å²) < 4.78 is 7.50. The number of β-amino-alcohol motifs (C(OH)–C–C–N with tert-alkyl or cyclic N) is 1. The van der Waals surface area contributed by atoms with Crippen molar-refractivity contribution in [2.24, 2.45) is 0 Å². The maximum absolute atomic E-state index is 12.3. The van der Waals surface area contributed by atoms with E-state index in [0.717, 1.165) is 21.8 Å². The molecule has 1 unspecified atom stereocenters. The third-order valence-corrected chi connectivity index (χ3v) is 6.01. The highest BCUT2D eigenvalue weighted by Crippen LogP contribution is 2.31. The Morgan fingerprint density at radius 3 is 1.97 bits per heavy atom. The van der Waals surface area contributed by atoms with Crippen LogP contribution in [0.4, 0.5) is 4.79 Å². The van der Waals surface area contributed by atoms with E-state index in [0.29, 0.717) is 50.4 Å². The number of piperazine rings is 1. The number of amides is 1. The van der Waals surface area contributed by atoms with Gasteiger partial charge < -0.3 is 19.3 Å². The average molecular weight is 460 g/mol. The minimum atomic E-state index is -0.627. The van der Waals surface area contributed by atoms with Crippen molar-refractivity contribution in [2.45, 2.75) is 39.0 Å². The molecule has 1 aliphatic rings. The normalized spacial score (nSPS) is 15.8. The van der Waals surface area contributed by atoms with Gasteiger partial charge in [-0.2, -0.15) is 10.5 Å². The number of carbonyl (C=O) groups excluding carboxylic acids is 1. The number of benzene rings is 2. The lowest BCUT2D eigenvalue weighted by Crippen LogP contribution is -2.51. The van der Waals surface area contributed by atoms with Gasteiger partial charge in [-0.1, -0.05) is 0 Å². The Hall–Kier alpha value is -3.59. The molecule has 0 aliphatic carbocycles. The number of aromatic nitrogens is 1. The van der Waals surface area contributed by atoms with Crippen molar-refractivity contribution in [1.82, 2.24) is 14.4 Å². The molecular formula is C26H29N5O3. The van der Waals surface area contributed by atoms with Gasteiger partial charge in [0, 0.05) is 54.5 Å². The molecule has 3 aromatic rings. The molecule has 1 aromatic heterocycles. The van der Waals surface area contributed by atoms with Crippen LogP contribution in [0.5, 0.6) is 0 Å². The summed E-state index contributed by atoms with van der Waals surface area (Å²) in [5, 5.41) is 31.4. The molecule has 34 heavy (non-hydrogen) atoms. The Balaban J connectivity index is 1.48. The van der Waals surface area contributed by atoms with Crippen LogP contribution in [0, 0.1) is 22.7 Å². The van der Waals surface area contributed by atoms with Crippen LogP contribution in [-0.2, 0) is 11.3 Å². The van der Waals surface area contributed by atoms with E-state index in [4.69, 9.17) is 4.74 Å². The van der Waals surface area contributed by atoms with Crippen LogP contribution in [0.2, 0.25) is 0 Å². The molecule has 176 valence electrons. The SMILES string of the molecule is CC(C)(C)OC(=O)N1CCN(CC(O)Cn2c3ccc(C#N)cc3c3cc(C#N)ccc32)CC1. The maximum Gasteiger partial charge on any atom is 0.410 e. The largest absolute Gasteiger partial charge is 0.444 e. The lowest BCUT2D eigenvalue weighted by molar-refractivity contribution is 0.00950. The zero-order valence-electron chi connectivity index (χ0n) is 19.8. The van der Waals surface area contributed by atoms with E-state index in [9.17, 15) is 20.4 Å². The zero-order valence-corrected chi connectivity index (χ0v) is 19.8. The summed E-state index contributed by atoms with van der Waals surface area (Å²) >= 11 is 0. The molecule has 1 saturated heterocycles. The summed E-state index contributed by atoms with van der Waals surface area (Å²) in [6, 6.07) is 15.3. The van der Waals surface area contributed by atoms with Crippen LogP contribution in [0.3, 0.4) is 0 Å².